The van der Waals surface area contributed by atoms with Gasteiger partial charge in [0.2, 0.25) is 11.8 Å². The molecule has 0 saturated heterocycles. The van der Waals surface area contributed by atoms with Crippen LogP contribution >= 0.6 is 0 Å². The van der Waals surface area contributed by atoms with Crippen molar-refractivity contribution >= 4 is 41.0 Å². The predicted molar refractivity (Wildman–Crippen MR) is 97.4 cm³/mol. The third-order valence-corrected chi connectivity index (χ3v) is 3.74. The SMILES string of the molecule is CC(=O)Nc1cc(NC(C)=O)cc(C(=O)ON2C(=O)c3ccccc3C2=O)c1. The van der Waals surface area contributed by atoms with Gasteiger partial charge in [-0.3, -0.25) is 19.2 Å². The van der Waals surface area contributed by atoms with E-state index in [1.165, 1.54) is 44.2 Å². The number of benzene rings is 2. The van der Waals surface area contributed by atoms with Crippen LogP contribution in [0.2, 0.25) is 0 Å². The predicted octanol–water partition coefficient (Wildman–Crippen LogP) is 1.97. The van der Waals surface area contributed by atoms with Gasteiger partial charge < -0.3 is 15.5 Å². The van der Waals surface area contributed by atoms with Crippen LogP contribution in [-0.4, -0.2) is 34.7 Å². The maximum absolute atomic E-state index is 12.5. The van der Waals surface area contributed by atoms with Gasteiger partial charge in [-0.05, 0) is 30.3 Å². The van der Waals surface area contributed by atoms with Crippen molar-refractivity contribution < 1.29 is 28.8 Å². The van der Waals surface area contributed by atoms with E-state index in [9.17, 15) is 24.0 Å². The Balaban J connectivity index is 1.88. The van der Waals surface area contributed by atoms with E-state index in [2.05, 4.69) is 10.6 Å². The third kappa shape index (κ3) is 3.73. The fraction of sp³-hybridized carbons (Fsp3) is 0.105. The lowest BCUT2D eigenvalue weighted by atomic mass is 10.1. The first-order chi connectivity index (χ1) is 13.3. The van der Waals surface area contributed by atoms with Gasteiger partial charge in [-0.2, -0.15) is 0 Å². The van der Waals surface area contributed by atoms with Crippen molar-refractivity contribution in [3.8, 4) is 0 Å². The second-order valence-electron chi connectivity index (χ2n) is 5.99. The largest absolute Gasteiger partial charge is 0.364 e. The van der Waals surface area contributed by atoms with E-state index in [0.29, 0.717) is 5.06 Å². The van der Waals surface area contributed by atoms with Crippen LogP contribution in [0.15, 0.2) is 42.5 Å². The number of hydroxylamine groups is 2. The molecular weight excluding hydrogens is 366 g/mol. The Bertz CT molecular complexity index is 961. The number of imide groups is 1. The number of nitrogens with one attached hydrogen (secondary N) is 2. The molecular formula is C19H15N3O6. The van der Waals surface area contributed by atoms with Crippen LogP contribution < -0.4 is 10.6 Å². The normalized spacial score (nSPS) is 12.4. The molecule has 3 rings (SSSR count). The number of fused-ring (bicyclic) bond motifs is 1. The van der Waals surface area contributed by atoms with Gasteiger partial charge in [0.1, 0.15) is 0 Å². The van der Waals surface area contributed by atoms with Crippen molar-refractivity contribution in [3.05, 3.63) is 59.2 Å². The molecule has 0 aromatic heterocycles. The molecule has 9 heteroatoms. The van der Waals surface area contributed by atoms with Gasteiger partial charge in [0.05, 0.1) is 16.7 Å². The second-order valence-corrected chi connectivity index (χ2v) is 5.99. The zero-order valence-corrected chi connectivity index (χ0v) is 14.9. The first kappa shape index (κ1) is 18.8. The maximum Gasteiger partial charge on any atom is 0.364 e. The average Bonchev–Trinajstić information content (AvgIpc) is 2.85. The molecule has 0 saturated carbocycles. The van der Waals surface area contributed by atoms with E-state index in [4.69, 9.17) is 4.84 Å². The van der Waals surface area contributed by atoms with Crippen LogP contribution in [0, 0.1) is 0 Å². The standard InChI is InChI=1S/C19H15N3O6/c1-10(23)20-13-7-12(8-14(9-13)21-11(2)24)19(27)28-22-17(25)15-5-3-4-6-16(15)18(22)26/h3-9H,1-2H3,(H,20,23)(H,21,24). The highest BCUT2D eigenvalue weighted by Gasteiger charge is 2.38. The molecule has 2 N–H and O–H groups in total. The minimum Gasteiger partial charge on any atom is -0.326 e. The van der Waals surface area contributed by atoms with E-state index >= 15 is 0 Å². The number of hydrogen-bond donors (Lipinski definition) is 2. The number of nitrogens with zero attached hydrogens (tertiary/aromatic N) is 1. The summed E-state index contributed by atoms with van der Waals surface area (Å²) in [4.78, 5) is 64.8. The Labute approximate surface area is 159 Å². The van der Waals surface area contributed by atoms with Crippen LogP contribution in [0.3, 0.4) is 0 Å². The van der Waals surface area contributed by atoms with Crippen LogP contribution in [0.5, 0.6) is 0 Å². The summed E-state index contributed by atoms with van der Waals surface area (Å²) in [5.41, 5.74) is 0.644. The van der Waals surface area contributed by atoms with Crippen molar-refractivity contribution in [1.82, 2.24) is 5.06 Å². The molecule has 9 nitrogen and oxygen atoms in total. The van der Waals surface area contributed by atoms with Gasteiger partial charge in [0, 0.05) is 25.2 Å². The first-order valence-corrected chi connectivity index (χ1v) is 8.16. The molecule has 2 aromatic rings. The third-order valence-electron chi connectivity index (χ3n) is 3.74. The molecule has 0 unspecified atom stereocenters. The van der Waals surface area contributed by atoms with E-state index < -0.39 is 17.8 Å². The smallest absolute Gasteiger partial charge is 0.326 e. The highest BCUT2D eigenvalue weighted by atomic mass is 16.7. The fourth-order valence-corrected chi connectivity index (χ4v) is 2.68. The average molecular weight is 381 g/mol. The molecule has 0 atom stereocenters. The molecule has 0 radical (unpaired) electrons. The Morgan fingerprint density at radius 1 is 0.821 bits per heavy atom. The molecule has 1 heterocycles. The number of rotatable bonds is 4. The molecule has 2 aromatic carbocycles. The van der Waals surface area contributed by atoms with E-state index in [1.54, 1.807) is 12.1 Å². The molecule has 0 fully saturated rings. The summed E-state index contributed by atoms with van der Waals surface area (Å²) in [6.45, 7) is 2.56. The van der Waals surface area contributed by atoms with Gasteiger partial charge in [0.15, 0.2) is 0 Å². The Hall–Kier alpha value is -4.01. The van der Waals surface area contributed by atoms with Crippen molar-refractivity contribution in [3.63, 3.8) is 0 Å². The molecule has 1 aliphatic heterocycles. The van der Waals surface area contributed by atoms with Gasteiger partial charge in [0.25, 0.3) is 11.8 Å². The summed E-state index contributed by atoms with van der Waals surface area (Å²) in [5.74, 6) is -3.30. The van der Waals surface area contributed by atoms with Gasteiger partial charge >= 0.3 is 5.97 Å². The lowest BCUT2D eigenvalue weighted by Crippen LogP contribution is -2.32. The van der Waals surface area contributed by atoms with Gasteiger partial charge in [-0.25, -0.2) is 4.79 Å². The van der Waals surface area contributed by atoms with Crippen molar-refractivity contribution in [2.24, 2.45) is 0 Å². The topological polar surface area (TPSA) is 122 Å². The van der Waals surface area contributed by atoms with Crippen molar-refractivity contribution in [2.45, 2.75) is 13.8 Å². The van der Waals surface area contributed by atoms with E-state index in [-0.39, 0.29) is 39.9 Å². The summed E-state index contributed by atoms with van der Waals surface area (Å²) in [5, 5.41) is 5.37. The Morgan fingerprint density at radius 3 is 1.71 bits per heavy atom. The van der Waals surface area contributed by atoms with E-state index in [1.807, 2.05) is 0 Å². The summed E-state index contributed by atoms with van der Waals surface area (Å²) < 4.78 is 0. The van der Waals surface area contributed by atoms with Crippen LogP contribution in [-0.2, 0) is 14.4 Å². The lowest BCUT2D eigenvalue weighted by Gasteiger charge is -2.14. The minimum absolute atomic E-state index is 0.0773. The van der Waals surface area contributed by atoms with Crippen LogP contribution in [0.25, 0.3) is 0 Å². The highest BCUT2D eigenvalue weighted by molar-refractivity contribution is 6.21. The minimum atomic E-state index is -1.01. The quantitative estimate of drug-likeness (QED) is 0.781. The molecule has 0 bridgehead atoms. The molecule has 0 aliphatic carbocycles. The first-order valence-electron chi connectivity index (χ1n) is 8.16. The summed E-state index contributed by atoms with van der Waals surface area (Å²) in [6, 6.07) is 10.1. The van der Waals surface area contributed by atoms with E-state index in [0.717, 1.165) is 0 Å². The number of carbonyl (C=O) groups is 5. The van der Waals surface area contributed by atoms with Crippen molar-refractivity contribution in [1.29, 1.82) is 0 Å². The number of anilines is 2. The number of hydrogen-bond acceptors (Lipinski definition) is 6. The van der Waals surface area contributed by atoms with Crippen LogP contribution in [0.4, 0.5) is 11.4 Å². The number of carbonyl (C=O) groups excluding carboxylic acids is 5. The maximum atomic E-state index is 12.5. The molecule has 28 heavy (non-hydrogen) atoms. The van der Waals surface area contributed by atoms with Crippen molar-refractivity contribution in [2.75, 3.05) is 10.6 Å². The summed E-state index contributed by atoms with van der Waals surface area (Å²) in [7, 11) is 0. The summed E-state index contributed by atoms with van der Waals surface area (Å²) in [6.07, 6.45) is 0. The van der Waals surface area contributed by atoms with Crippen LogP contribution in [0.1, 0.15) is 44.9 Å². The number of amides is 4. The zero-order valence-electron chi connectivity index (χ0n) is 14.9. The lowest BCUT2D eigenvalue weighted by molar-refractivity contribution is -0.115. The van der Waals surface area contributed by atoms with Gasteiger partial charge in [-0.1, -0.05) is 17.2 Å². The Kier molecular flexibility index (Phi) is 4.90. The zero-order chi connectivity index (χ0) is 20.4. The fourth-order valence-electron chi connectivity index (χ4n) is 2.68. The molecule has 0 spiro atoms. The molecule has 4 amide bonds. The Morgan fingerprint density at radius 2 is 1.29 bits per heavy atom. The highest BCUT2D eigenvalue weighted by Crippen LogP contribution is 2.25. The van der Waals surface area contributed by atoms with Gasteiger partial charge in [-0.15, -0.1) is 0 Å². The monoisotopic (exact) mass is 381 g/mol. The molecule has 142 valence electrons. The molecule has 1 aliphatic rings. The summed E-state index contributed by atoms with van der Waals surface area (Å²) >= 11 is 0. The second kappa shape index (κ2) is 7.31.